The van der Waals surface area contributed by atoms with Gasteiger partial charge in [-0.05, 0) is 97.4 Å². The molecule has 9 aromatic rings. The van der Waals surface area contributed by atoms with Gasteiger partial charge in [0.15, 0.2) is 0 Å². The number of fused-ring (bicyclic) bond motifs is 4. The van der Waals surface area contributed by atoms with Crippen LogP contribution in [0.5, 0.6) is 0 Å². The normalized spacial score (nSPS) is 11.6. The summed E-state index contributed by atoms with van der Waals surface area (Å²) in [4.78, 5) is 5.10. The molecule has 0 amide bonds. The fourth-order valence-electron chi connectivity index (χ4n) is 7.12. The third-order valence-corrected chi connectivity index (χ3v) is 9.21. The second-order valence-corrected chi connectivity index (χ2v) is 12.1. The van der Waals surface area contributed by atoms with Crippen molar-refractivity contribution in [2.24, 2.45) is 0 Å². The molecule has 0 saturated heterocycles. The van der Waals surface area contributed by atoms with E-state index in [1.807, 2.05) is 0 Å². The van der Waals surface area contributed by atoms with Crippen LogP contribution >= 0.6 is 0 Å². The molecule has 1 aromatic heterocycles. The molecule has 0 aliphatic heterocycles. The molecule has 2 heteroatoms. The minimum atomic E-state index is 0.952. The highest BCUT2D eigenvalue weighted by Crippen LogP contribution is 2.44. The lowest BCUT2D eigenvalue weighted by atomic mass is 9.85. The Bertz CT molecular complexity index is 2520. The monoisotopic (exact) mass is 586 g/mol. The van der Waals surface area contributed by atoms with E-state index in [9.17, 15) is 0 Å². The molecule has 216 valence electrons. The summed E-state index contributed by atoms with van der Waals surface area (Å²) in [5.74, 6) is 0.952. The van der Waals surface area contributed by atoms with Crippen LogP contribution in [0.1, 0.15) is 5.56 Å². The molecular weight excluding hydrogens is 556 g/mol. The summed E-state index contributed by atoms with van der Waals surface area (Å²) in [6, 6.07) is 59.2. The smallest absolute Gasteiger partial charge is 0.145 e. The summed E-state index contributed by atoms with van der Waals surface area (Å²) in [5.41, 5.74) is 10.6. The summed E-state index contributed by atoms with van der Waals surface area (Å²) in [5, 5.41) is 7.49. The summed E-state index contributed by atoms with van der Waals surface area (Å²) < 4.78 is 2.29. The van der Waals surface area contributed by atoms with Crippen LogP contribution in [0.15, 0.2) is 164 Å². The van der Waals surface area contributed by atoms with Crippen LogP contribution < -0.4 is 0 Å². The van der Waals surface area contributed by atoms with E-state index in [1.54, 1.807) is 0 Å². The van der Waals surface area contributed by atoms with E-state index in [4.69, 9.17) is 4.98 Å². The van der Waals surface area contributed by atoms with E-state index >= 15 is 0 Å². The van der Waals surface area contributed by atoms with Crippen molar-refractivity contribution in [2.45, 2.75) is 6.92 Å². The largest absolute Gasteiger partial charge is 0.292 e. The summed E-state index contributed by atoms with van der Waals surface area (Å²) in [6.07, 6.45) is 0. The van der Waals surface area contributed by atoms with Gasteiger partial charge in [0.25, 0.3) is 0 Å². The van der Waals surface area contributed by atoms with Gasteiger partial charge in [-0.15, -0.1) is 0 Å². The van der Waals surface area contributed by atoms with Crippen LogP contribution in [0, 0.1) is 6.92 Å². The Labute approximate surface area is 267 Å². The van der Waals surface area contributed by atoms with Crippen LogP contribution in [0.25, 0.3) is 82.7 Å². The van der Waals surface area contributed by atoms with Gasteiger partial charge in [0, 0.05) is 11.3 Å². The molecule has 8 aromatic carbocycles. The van der Waals surface area contributed by atoms with Crippen molar-refractivity contribution in [2.75, 3.05) is 0 Å². The zero-order chi connectivity index (χ0) is 30.6. The van der Waals surface area contributed by atoms with Gasteiger partial charge in [0.2, 0.25) is 0 Å². The van der Waals surface area contributed by atoms with Crippen LogP contribution in [-0.4, -0.2) is 9.55 Å². The topological polar surface area (TPSA) is 17.8 Å². The van der Waals surface area contributed by atoms with Crippen LogP contribution in [0.4, 0.5) is 0 Å². The predicted octanol–water partition coefficient (Wildman–Crippen LogP) is 11.8. The summed E-state index contributed by atoms with van der Waals surface area (Å²) in [7, 11) is 0. The highest BCUT2D eigenvalue weighted by molar-refractivity contribution is 6.21. The molecule has 1 heterocycles. The van der Waals surface area contributed by atoms with E-state index in [2.05, 4.69) is 175 Å². The minimum Gasteiger partial charge on any atom is -0.292 e. The molecule has 0 unspecified atom stereocenters. The number of benzene rings is 8. The van der Waals surface area contributed by atoms with Gasteiger partial charge in [-0.25, -0.2) is 4.98 Å². The van der Waals surface area contributed by atoms with Gasteiger partial charge < -0.3 is 0 Å². The molecule has 0 saturated carbocycles. The lowest BCUT2D eigenvalue weighted by Gasteiger charge is -2.18. The van der Waals surface area contributed by atoms with Crippen molar-refractivity contribution >= 4 is 43.4 Å². The molecule has 0 aliphatic rings. The van der Waals surface area contributed by atoms with Gasteiger partial charge in [-0.1, -0.05) is 133 Å². The Balaban J connectivity index is 1.24. The number of aromatic nitrogens is 2. The third-order valence-electron chi connectivity index (χ3n) is 9.21. The molecule has 0 spiro atoms. The van der Waals surface area contributed by atoms with Gasteiger partial charge in [0.05, 0.1) is 11.0 Å². The summed E-state index contributed by atoms with van der Waals surface area (Å²) in [6.45, 7) is 2.12. The average molecular weight is 587 g/mol. The number of hydrogen-bond donors (Lipinski definition) is 0. The van der Waals surface area contributed by atoms with Gasteiger partial charge in [-0.2, -0.15) is 0 Å². The molecule has 0 atom stereocenters. The van der Waals surface area contributed by atoms with Crippen LogP contribution in [0.3, 0.4) is 0 Å². The van der Waals surface area contributed by atoms with Crippen molar-refractivity contribution in [3.05, 3.63) is 169 Å². The van der Waals surface area contributed by atoms with Gasteiger partial charge in [-0.3, -0.25) is 4.57 Å². The number of imidazole rings is 1. The lowest BCUT2D eigenvalue weighted by molar-refractivity contribution is 1.11. The standard InChI is InChI=1S/C44H30N2/c1-29-20-25-41-40(26-29)45-44(31-14-6-3-7-15-31)46(41)35-24-23-32-27-34(22-21-33(32)28-35)43-38-18-10-8-16-36(38)42(30-12-4-2-5-13-30)37-17-9-11-19-39(37)43/h2-28H,1H3. The van der Waals surface area contributed by atoms with E-state index < -0.39 is 0 Å². The van der Waals surface area contributed by atoms with Crippen molar-refractivity contribution in [3.63, 3.8) is 0 Å². The highest BCUT2D eigenvalue weighted by Gasteiger charge is 2.18. The first-order valence-corrected chi connectivity index (χ1v) is 15.8. The molecule has 46 heavy (non-hydrogen) atoms. The maximum absolute atomic E-state index is 5.10. The first-order chi connectivity index (χ1) is 22.7. The fraction of sp³-hybridized carbons (Fsp3) is 0.0227. The molecular formula is C44H30N2. The summed E-state index contributed by atoms with van der Waals surface area (Å²) >= 11 is 0. The predicted molar refractivity (Wildman–Crippen MR) is 195 cm³/mol. The van der Waals surface area contributed by atoms with Crippen molar-refractivity contribution in [1.82, 2.24) is 9.55 Å². The first-order valence-electron chi connectivity index (χ1n) is 15.8. The lowest BCUT2D eigenvalue weighted by Crippen LogP contribution is -1.97. The Hall–Kier alpha value is -5.99. The fourth-order valence-corrected chi connectivity index (χ4v) is 7.12. The second kappa shape index (κ2) is 10.6. The average Bonchev–Trinajstić information content (AvgIpc) is 3.49. The van der Waals surface area contributed by atoms with Crippen molar-refractivity contribution < 1.29 is 0 Å². The maximum atomic E-state index is 5.10. The first kappa shape index (κ1) is 26.4. The zero-order valence-electron chi connectivity index (χ0n) is 25.5. The van der Waals surface area contributed by atoms with Crippen molar-refractivity contribution in [3.8, 4) is 39.3 Å². The molecule has 0 aliphatic carbocycles. The molecule has 0 fully saturated rings. The number of aryl methyl sites for hydroxylation is 1. The highest BCUT2D eigenvalue weighted by atomic mass is 15.1. The van der Waals surface area contributed by atoms with Gasteiger partial charge >= 0.3 is 0 Å². The van der Waals surface area contributed by atoms with E-state index in [0.29, 0.717) is 0 Å². The Morgan fingerprint density at radius 3 is 1.63 bits per heavy atom. The van der Waals surface area contributed by atoms with E-state index in [-0.39, 0.29) is 0 Å². The van der Waals surface area contributed by atoms with E-state index in [1.165, 1.54) is 60.1 Å². The maximum Gasteiger partial charge on any atom is 0.145 e. The van der Waals surface area contributed by atoms with Gasteiger partial charge in [0.1, 0.15) is 5.82 Å². The Kier molecular flexibility index (Phi) is 6.07. The second-order valence-electron chi connectivity index (χ2n) is 12.1. The molecule has 0 N–H and O–H groups in total. The Morgan fingerprint density at radius 2 is 0.978 bits per heavy atom. The van der Waals surface area contributed by atoms with E-state index in [0.717, 1.165) is 28.1 Å². The van der Waals surface area contributed by atoms with Crippen LogP contribution in [-0.2, 0) is 0 Å². The number of hydrogen-bond acceptors (Lipinski definition) is 1. The van der Waals surface area contributed by atoms with Crippen molar-refractivity contribution in [1.29, 1.82) is 0 Å². The molecule has 9 rings (SSSR count). The minimum absolute atomic E-state index is 0.952. The zero-order valence-corrected chi connectivity index (χ0v) is 25.5. The molecule has 0 bridgehead atoms. The molecule has 2 nitrogen and oxygen atoms in total. The SMILES string of the molecule is Cc1ccc2c(c1)nc(-c1ccccc1)n2-c1ccc2cc(-c3c4ccccc4c(-c4ccccc4)c4ccccc34)ccc2c1. The molecule has 0 radical (unpaired) electrons. The quantitative estimate of drug-likeness (QED) is 0.188. The number of rotatable bonds is 4. The Morgan fingerprint density at radius 1 is 0.435 bits per heavy atom. The third kappa shape index (κ3) is 4.22. The van der Waals surface area contributed by atoms with Crippen LogP contribution in [0.2, 0.25) is 0 Å². The number of nitrogens with zero attached hydrogens (tertiary/aromatic N) is 2.